The van der Waals surface area contributed by atoms with Gasteiger partial charge in [0, 0.05) is 31.3 Å². The molecule has 0 bridgehead atoms. The first kappa shape index (κ1) is 22.2. The number of aromatic nitrogens is 2. The van der Waals surface area contributed by atoms with Gasteiger partial charge in [-0.1, -0.05) is 30.3 Å². The molecule has 0 aliphatic carbocycles. The zero-order valence-electron chi connectivity index (χ0n) is 17.9. The number of nitrogens with one attached hydrogen (secondary N) is 1. The van der Waals surface area contributed by atoms with E-state index in [1.54, 1.807) is 0 Å². The van der Waals surface area contributed by atoms with Gasteiger partial charge in [-0.2, -0.15) is 0 Å². The van der Waals surface area contributed by atoms with Crippen LogP contribution in [-0.4, -0.2) is 53.6 Å². The van der Waals surface area contributed by atoms with E-state index in [0.29, 0.717) is 24.9 Å². The van der Waals surface area contributed by atoms with Crippen molar-refractivity contribution in [2.24, 2.45) is 5.92 Å². The molecule has 5 rings (SSSR count). The molecule has 31 heavy (non-hydrogen) atoms. The summed E-state index contributed by atoms with van der Waals surface area (Å²) in [6.45, 7) is 4.26. The van der Waals surface area contributed by atoms with E-state index in [9.17, 15) is 4.79 Å². The topological polar surface area (TPSA) is 67.4 Å². The number of carbonyl (C=O) groups is 1. The molecule has 3 aliphatic rings. The minimum atomic E-state index is -0.383. The lowest BCUT2D eigenvalue weighted by Gasteiger charge is -2.44. The van der Waals surface area contributed by atoms with Crippen molar-refractivity contribution in [2.75, 3.05) is 32.8 Å². The Morgan fingerprint density at radius 2 is 1.90 bits per heavy atom. The van der Waals surface area contributed by atoms with Crippen LogP contribution in [-0.2, 0) is 21.6 Å². The lowest BCUT2D eigenvalue weighted by atomic mass is 9.83. The monoisotopic (exact) mass is 442 g/mol. The van der Waals surface area contributed by atoms with Crippen LogP contribution in [0.5, 0.6) is 0 Å². The summed E-state index contributed by atoms with van der Waals surface area (Å²) in [5.74, 6) is 1.59. The Labute approximate surface area is 190 Å². The summed E-state index contributed by atoms with van der Waals surface area (Å²) in [6.07, 6.45) is 7.35. The number of halogens is 1. The summed E-state index contributed by atoms with van der Waals surface area (Å²) in [5.41, 5.74) is 2.87. The second kappa shape index (κ2) is 9.63. The maximum Gasteiger partial charge on any atom is 0.222 e. The molecule has 0 radical (unpaired) electrons. The van der Waals surface area contributed by atoms with E-state index in [1.807, 2.05) is 41.4 Å². The highest BCUT2D eigenvalue weighted by atomic mass is 35.5. The fourth-order valence-corrected chi connectivity index (χ4v) is 5.10. The molecule has 166 valence electrons. The molecule has 0 saturated carbocycles. The number of ether oxygens (including phenoxy) is 1. The zero-order chi connectivity index (χ0) is 20.4. The number of hydrogen-bond donors (Lipinski definition) is 1. The van der Waals surface area contributed by atoms with Crippen LogP contribution in [0.2, 0.25) is 0 Å². The number of nitrogens with zero attached hydrogens (tertiary/aromatic N) is 3. The first-order valence-electron chi connectivity index (χ1n) is 11.3. The number of fused-ring (bicyclic) bond motifs is 2. The van der Waals surface area contributed by atoms with Gasteiger partial charge in [0.1, 0.15) is 5.60 Å². The third-order valence-corrected chi connectivity index (χ3v) is 6.92. The summed E-state index contributed by atoms with van der Waals surface area (Å²) in [5, 5.41) is 3.38. The molecule has 2 fully saturated rings. The number of piperidine rings is 2. The predicted molar refractivity (Wildman–Crippen MR) is 122 cm³/mol. The third kappa shape index (κ3) is 4.61. The Balaban J connectivity index is 0.00000231. The van der Waals surface area contributed by atoms with Gasteiger partial charge in [0.2, 0.25) is 5.91 Å². The van der Waals surface area contributed by atoms with Crippen molar-refractivity contribution >= 4 is 18.3 Å². The van der Waals surface area contributed by atoms with Crippen LogP contribution in [0.1, 0.15) is 43.4 Å². The summed E-state index contributed by atoms with van der Waals surface area (Å²) in [6, 6.07) is 10.1. The molecule has 1 spiro atoms. The number of benzene rings is 1. The normalized spacial score (nSPS) is 20.7. The lowest BCUT2D eigenvalue weighted by Crippen LogP contribution is -2.49. The van der Waals surface area contributed by atoms with Crippen molar-refractivity contribution in [3.05, 3.63) is 47.8 Å². The van der Waals surface area contributed by atoms with E-state index in [2.05, 4.69) is 10.3 Å². The molecule has 3 aliphatic heterocycles. The number of likely N-dealkylation sites (tertiary alicyclic amines) is 1. The van der Waals surface area contributed by atoms with E-state index in [4.69, 9.17) is 9.72 Å². The molecule has 1 amide bonds. The summed E-state index contributed by atoms with van der Waals surface area (Å²) < 4.78 is 6.37. The van der Waals surface area contributed by atoms with Crippen LogP contribution < -0.4 is 5.32 Å². The van der Waals surface area contributed by atoms with Crippen LogP contribution >= 0.6 is 12.4 Å². The number of amides is 1. The molecule has 0 atom stereocenters. The van der Waals surface area contributed by atoms with Gasteiger partial charge in [-0.15, -0.1) is 12.4 Å². The van der Waals surface area contributed by atoms with Gasteiger partial charge < -0.3 is 15.0 Å². The van der Waals surface area contributed by atoms with Crippen LogP contribution in [0.4, 0.5) is 0 Å². The zero-order valence-corrected chi connectivity index (χ0v) is 18.7. The molecule has 1 aromatic carbocycles. The first-order chi connectivity index (χ1) is 14.7. The van der Waals surface area contributed by atoms with Gasteiger partial charge in [0.25, 0.3) is 0 Å². The van der Waals surface area contributed by atoms with Gasteiger partial charge in [-0.3, -0.25) is 4.79 Å². The van der Waals surface area contributed by atoms with Crippen LogP contribution in [0, 0.1) is 5.92 Å². The molecule has 6 nitrogen and oxygen atoms in total. The molecular weight excluding hydrogens is 412 g/mol. The molecule has 2 aromatic rings. The molecular formula is C24H31ClN4O2. The fourth-order valence-electron chi connectivity index (χ4n) is 5.10. The van der Waals surface area contributed by atoms with E-state index < -0.39 is 0 Å². The maximum absolute atomic E-state index is 12.9. The molecule has 4 heterocycles. The Bertz CT molecular complexity index is 894. The Morgan fingerprint density at radius 3 is 2.65 bits per heavy atom. The quantitative estimate of drug-likeness (QED) is 0.789. The summed E-state index contributed by atoms with van der Waals surface area (Å²) in [7, 11) is 0. The molecule has 1 N–H and O–H groups in total. The largest absolute Gasteiger partial charge is 0.368 e. The van der Waals surface area contributed by atoms with Gasteiger partial charge in [-0.05, 0) is 56.7 Å². The van der Waals surface area contributed by atoms with Crippen LogP contribution in [0.25, 0.3) is 11.4 Å². The van der Waals surface area contributed by atoms with Crippen LogP contribution in [0.15, 0.2) is 36.5 Å². The Kier molecular flexibility index (Phi) is 6.89. The minimum absolute atomic E-state index is 0. The predicted octanol–water partition coefficient (Wildman–Crippen LogP) is 3.35. The molecule has 7 heteroatoms. The first-order valence-corrected chi connectivity index (χ1v) is 11.3. The van der Waals surface area contributed by atoms with Crippen molar-refractivity contribution in [2.45, 2.75) is 44.1 Å². The number of rotatable bonds is 3. The SMILES string of the molecule is Cl.O=C(CC1CCNCC1)N1CCC2(CC1)OCCc1cnc(-c3ccccc3)nc12. The second-order valence-electron chi connectivity index (χ2n) is 8.80. The summed E-state index contributed by atoms with van der Waals surface area (Å²) in [4.78, 5) is 24.5. The van der Waals surface area contributed by atoms with E-state index in [-0.39, 0.29) is 18.0 Å². The molecule has 1 aromatic heterocycles. The lowest BCUT2D eigenvalue weighted by molar-refractivity contribution is -0.142. The van der Waals surface area contributed by atoms with Crippen molar-refractivity contribution in [1.29, 1.82) is 0 Å². The minimum Gasteiger partial charge on any atom is -0.368 e. The van der Waals surface area contributed by atoms with Gasteiger partial charge in [0.05, 0.1) is 12.3 Å². The standard InChI is InChI=1S/C24H30N4O2.ClH/c29-21(16-18-6-11-25-12-7-18)28-13-9-24(10-14-28)22-20(8-15-30-24)17-26-23(27-22)19-4-2-1-3-5-19;/h1-5,17-18,25H,6-16H2;1H. The fraction of sp³-hybridized carbons (Fsp3) is 0.542. The van der Waals surface area contributed by atoms with Gasteiger partial charge in [0.15, 0.2) is 5.82 Å². The number of carbonyl (C=O) groups excluding carboxylic acids is 1. The van der Waals surface area contributed by atoms with E-state index in [0.717, 1.165) is 75.4 Å². The average molecular weight is 443 g/mol. The second-order valence-corrected chi connectivity index (χ2v) is 8.80. The van der Waals surface area contributed by atoms with Gasteiger partial charge in [-0.25, -0.2) is 9.97 Å². The molecule has 0 unspecified atom stereocenters. The van der Waals surface area contributed by atoms with Crippen molar-refractivity contribution < 1.29 is 9.53 Å². The van der Waals surface area contributed by atoms with Crippen molar-refractivity contribution in [3.8, 4) is 11.4 Å². The van der Waals surface area contributed by atoms with E-state index in [1.165, 1.54) is 5.56 Å². The third-order valence-electron chi connectivity index (χ3n) is 6.92. The van der Waals surface area contributed by atoms with Crippen molar-refractivity contribution in [1.82, 2.24) is 20.2 Å². The highest BCUT2D eigenvalue weighted by molar-refractivity contribution is 5.85. The molecule has 2 saturated heterocycles. The summed E-state index contributed by atoms with van der Waals surface area (Å²) >= 11 is 0. The highest BCUT2D eigenvalue weighted by Gasteiger charge is 2.43. The van der Waals surface area contributed by atoms with E-state index >= 15 is 0 Å². The highest BCUT2D eigenvalue weighted by Crippen LogP contribution is 2.41. The Hall–Kier alpha value is -2.02. The smallest absolute Gasteiger partial charge is 0.222 e. The van der Waals surface area contributed by atoms with Crippen molar-refractivity contribution in [3.63, 3.8) is 0 Å². The number of hydrogen-bond acceptors (Lipinski definition) is 5. The maximum atomic E-state index is 12.9. The van der Waals surface area contributed by atoms with Gasteiger partial charge >= 0.3 is 0 Å². The van der Waals surface area contributed by atoms with Crippen LogP contribution in [0.3, 0.4) is 0 Å². The Morgan fingerprint density at radius 1 is 1.16 bits per heavy atom. The average Bonchev–Trinajstić information content (AvgIpc) is 2.81.